The zero-order chi connectivity index (χ0) is 21.1. The first-order valence-corrected chi connectivity index (χ1v) is 11.4. The van der Waals surface area contributed by atoms with E-state index in [-0.39, 0.29) is 5.91 Å². The van der Waals surface area contributed by atoms with Gasteiger partial charge in [0.2, 0.25) is 0 Å². The summed E-state index contributed by atoms with van der Waals surface area (Å²) in [6, 6.07) is 4.06. The van der Waals surface area contributed by atoms with Gasteiger partial charge in [0, 0.05) is 32.4 Å². The number of aromatic nitrogens is 4. The molecule has 0 spiro atoms. The summed E-state index contributed by atoms with van der Waals surface area (Å²) >= 11 is 1.65. The number of unbranched alkanes of at least 4 members (excludes halogenated alkanes) is 1. The molecule has 30 heavy (non-hydrogen) atoms. The fraction of sp³-hybridized carbons (Fsp3) is 0.455. The average Bonchev–Trinajstić information content (AvgIpc) is 3.43. The molecule has 0 unspecified atom stereocenters. The third kappa shape index (κ3) is 4.15. The predicted octanol–water partition coefficient (Wildman–Crippen LogP) is 3.57. The summed E-state index contributed by atoms with van der Waals surface area (Å²) in [6.45, 7) is 10.6. The van der Waals surface area contributed by atoms with E-state index in [2.05, 4.69) is 28.0 Å². The molecule has 0 radical (unpaired) electrons. The minimum absolute atomic E-state index is 0.0412. The largest absolute Gasteiger partial charge is 0.336 e. The van der Waals surface area contributed by atoms with E-state index < -0.39 is 0 Å². The molecular formula is C22H28N6OS. The molecule has 0 aromatic carbocycles. The molecule has 4 rings (SSSR count). The molecule has 0 atom stereocenters. The highest BCUT2D eigenvalue weighted by molar-refractivity contribution is 7.13. The molecule has 4 heterocycles. The Morgan fingerprint density at radius 1 is 1.17 bits per heavy atom. The number of hydrogen-bond acceptors (Lipinski definition) is 6. The molecule has 1 aliphatic heterocycles. The van der Waals surface area contributed by atoms with Crippen LogP contribution in [0.15, 0.2) is 29.9 Å². The molecule has 7 nitrogen and oxygen atoms in total. The molecule has 1 aliphatic rings. The van der Waals surface area contributed by atoms with Crippen LogP contribution in [-0.4, -0.2) is 68.2 Å². The number of piperazine rings is 1. The van der Waals surface area contributed by atoms with E-state index in [1.807, 2.05) is 36.4 Å². The van der Waals surface area contributed by atoms with Crippen molar-refractivity contribution in [2.75, 3.05) is 32.7 Å². The second-order valence-corrected chi connectivity index (χ2v) is 8.67. The molecule has 0 bridgehead atoms. The van der Waals surface area contributed by atoms with Crippen molar-refractivity contribution in [2.45, 2.75) is 33.6 Å². The van der Waals surface area contributed by atoms with E-state index in [1.165, 1.54) is 12.8 Å². The van der Waals surface area contributed by atoms with Crippen molar-refractivity contribution in [1.29, 1.82) is 0 Å². The van der Waals surface area contributed by atoms with Crippen LogP contribution in [0.5, 0.6) is 0 Å². The molecule has 1 fully saturated rings. The van der Waals surface area contributed by atoms with Crippen molar-refractivity contribution in [3.63, 3.8) is 0 Å². The Morgan fingerprint density at radius 2 is 1.97 bits per heavy atom. The smallest absolute Gasteiger partial charge is 0.257 e. The normalized spacial score (nSPS) is 15.0. The zero-order valence-electron chi connectivity index (χ0n) is 17.8. The van der Waals surface area contributed by atoms with E-state index in [0.717, 1.165) is 54.6 Å². The summed E-state index contributed by atoms with van der Waals surface area (Å²) in [4.78, 5) is 27.8. The van der Waals surface area contributed by atoms with Crippen LogP contribution in [0.4, 0.5) is 0 Å². The van der Waals surface area contributed by atoms with Gasteiger partial charge in [-0.15, -0.1) is 11.3 Å². The number of carbonyl (C=O) groups excluding carboxylic acids is 1. The van der Waals surface area contributed by atoms with Gasteiger partial charge in [-0.1, -0.05) is 19.4 Å². The third-order valence-electron chi connectivity index (χ3n) is 5.63. The summed E-state index contributed by atoms with van der Waals surface area (Å²) in [6.07, 6.45) is 5.88. The highest BCUT2D eigenvalue weighted by atomic mass is 32.1. The number of nitrogens with zero attached hydrogens (tertiary/aromatic N) is 6. The molecule has 1 amide bonds. The van der Waals surface area contributed by atoms with Gasteiger partial charge in [0.05, 0.1) is 28.0 Å². The van der Waals surface area contributed by atoms with Crippen LogP contribution in [0, 0.1) is 13.8 Å². The number of carbonyl (C=O) groups is 1. The molecule has 0 saturated carbocycles. The van der Waals surface area contributed by atoms with E-state index >= 15 is 0 Å². The Morgan fingerprint density at radius 3 is 2.67 bits per heavy atom. The maximum atomic E-state index is 13.1. The molecule has 1 saturated heterocycles. The summed E-state index contributed by atoms with van der Waals surface area (Å²) in [5.74, 6) is 0.532. The van der Waals surface area contributed by atoms with Crippen LogP contribution < -0.4 is 0 Å². The Bertz CT molecular complexity index is 1000. The third-order valence-corrected chi connectivity index (χ3v) is 6.51. The van der Waals surface area contributed by atoms with Crippen molar-refractivity contribution >= 4 is 17.2 Å². The van der Waals surface area contributed by atoms with Gasteiger partial charge in [-0.05, 0) is 43.8 Å². The van der Waals surface area contributed by atoms with Gasteiger partial charge in [0.25, 0.3) is 11.9 Å². The fourth-order valence-corrected chi connectivity index (χ4v) is 4.52. The van der Waals surface area contributed by atoms with Crippen LogP contribution in [0.3, 0.4) is 0 Å². The lowest BCUT2D eigenvalue weighted by atomic mass is 10.2. The molecular weight excluding hydrogens is 396 g/mol. The molecule has 8 heteroatoms. The number of amides is 1. The Kier molecular flexibility index (Phi) is 6.24. The van der Waals surface area contributed by atoms with Crippen LogP contribution in [0.1, 0.15) is 41.4 Å². The Balaban J connectivity index is 1.52. The van der Waals surface area contributed by atoms with Crippen LogP contribution in [0.25, 0.3) is 16.5 Å². The van der Waals surface area contributed by atoms with Gasteiger partial charge < -0.3 is 4.90 Å². The van der Waals surface area contributed by atoms with Crippen molar-refractivity contribution < 1.29 is 4.79 Å². The minimum Gasteiger partial charge on any atom is -0.336 e. The molecule has 0 aliphatic carbocycles. The summed E-state index contributed by atoms with van der Waals surface area (Å²) in [5, 5.41) is 6.48. The fourth-order valence-electron chi connectivity index (χ4n) is 3.75. The second-order valence-electron chi connectivity index (χ2n) is 7.72. The lowest BCUT2D eigenvalue weighted by molar-refractivity contribution is 0.0635. The summed E-state index contributed by atoms with van der Waals surface area (Å²) in [7, 11) is 0. The highest BCUT2D eigenvalue weighted by Gasteiger charge is 2.25. The lowest BCUT2D eigenvalue weighted by Crippen LogP contribution is -2.48. The quantitative estimate of drug-likeness (QED) is 0.605. The molecule has 3 aromatic rings. The first-order valence-electron chi connectivity index (χ1n) is 10.5. The first-order chi connectivity index (χ1) is 14.6. The van der Waals surface area contributed by atoms with Gasteiger partial charge >= 0.3 is 0 Å². The maximum absolute atomic E-state index is 13.1. The Labute approximate surface area is 181 Å². The molecule has 0 N–H and O–H groups in total. The summed E-state index contributed by atoms with van der Waals surface area (Å²) < 4.78 is 1.67. The van der Waals surface area contributed by atoms with Gasteiger partial charge in [-0.25, -0.2) is 14.6 Å². The van der Waals surface area contributed by atoms with Crippen molar-refractivity contribution in [1.82, 2.24) is 29.5 Å². The molecule has 158 valence electrons. The number of thiophene rings is 1. The minimum atomic E-state index is 0.0412. The van der Waals surface area contributed by atoms with Crippen LogP contribution in [0.2, 0.25) is 0 Å². The topological polar surface area (TPSA) is 67.2 Å². The monoisotopic (exact) mass is 424 g/mol. The summed E-state index contributed by atoms with van der Waals surface area (Å²) in [5.41, 5.74) is 3.32. The van der Waals surface area contributed by atoms with Crippen LogP contribution in [-0.2, 0) is 0 Å². The number of hydrogen-bond donors (Lipinski definition) is 0. The van der Waals surface area contributed by atoms with E-state index in [4.69, 9.17) is 4.98 Å². The lowest BCUT2D eigenvalue weighted by Gasteiger charge is -2.34. The predicted molar refractivity (Wildman–Crippen MR) is 119 cm³/mol. The van der Waals surface area contributed by atoms with Gasteiger partial charge in [0.1, 0.15) is 0 Å². The van der Waals surface area contributed by atoms with Gasteiger partial charge in [0.15, 0.2) is 0 Å². The average molecular weight is 425 g/mol. The maximum Gasteiger partial charge on any atom is 0.257 e. The van der Waals surface area contributed by atoms with Gasteiger partial charge in [-0.3, -0.25) is 9.69 Å². The number of rotatable bonds is 6. The first kappa shape index (κ1) is 20.7. The number of aryl methyl sites for hydroxylation is 1. The van der Waals surface area contributed by atoms with E-state index in [0.29, 0.717) is 11.5 Å². The van der Waals surface area contributed by atoms with Crippen molar-refractivity contribution in [3.05, 3.63) is 46.7 Å². The van der Waals surface area contributed by atoms with E-state index in [1.54, 1.807) is 22.2 Å². The van der Waals surface area contributed by atoms with Crippen molar-refractivity contribution in [3.8, 4) is 16.5 Å². The van der Waals surface area contributed by atoms with E-state index in [9.17, 15) is 4.79 Å². The SMILES string of the molecule is CCCCN1CCN(C(=O)c2cnn(-c3ncc(C)c(-c4cccs4)n3)c2C)CC1. The molecule has 3 aromatic heterocycles. The van der Waals surface area contributed by atoms with Gasteiger partial charge in [-0.2, -0.15) is 5.10 Å². The van der Waals surface area contributed by atoms with Crippen molar-refractivity contribution in [2.24, 2.45) is 0 Å². The highest BCUT2D eigenvalue weighted by Crippen LogP contribution is 2.26. The van der Waals surface area contributed by atoms with Crippen LogP contribution >= 0.6 is 11.3 Å². The zero-order valence-corrected chi connectivity index (χ0v) is 18.7. The second kappa shape index (κ2) is 9.06. The standard InChI is InChI=1S/C22H28N6OS/c1-4-5-8-26-9-11-27(12-10-26)21(29)18-15-24-28(17(18)3)22-23-14-16(2)20(25-22)19-7-6-13-30-19/h6-7,13-15H,4-5,8-12H2,1-3H3. The Hall–Kier alpha value is -2.58.